The van der Waals surface area contributed by atoms with Crippen LogP contribution in [-0.4, -0.2) is 31.3 Å². The van der Waals surface area contributed by atoms with Gasteiger partial charge in [0.2, 0.25) is 0 Å². The Labute approximate surface area is 220 Å². The first-order valence-electron chi connectivity index (χ1n) is 11.9. The Hall–Kier alpha value is -1.52. The second kappa shape index (κ2) is 14.8. The van der Waals surface area contributed by atoms with Gasteiger partial charge in [0.15, 0.2) is 0 Å². The summed E-state index contributed by atoms with van der Waals surface area (Å²) < 4.78 is 0. The van der Waals surface area contributed by atoms with Crippen molar-refractivity contribution in [2.24, 2.45) is 0 Å². The second-order valence-electron chi connectivity index (χ2n) is 8.30. The first-order chi connectivity index (χ1) is 16.1. The maximum atomic E-state index is 2.45. The fourth-order valence-electron chi connectivity index (χ4n) is 4.04. The molecule has 0 fully saturated rings. The number of hydrogen-bond acceptors (Lipinski definition) is 1. The average molecular weight is 529 g/mol. The van der Waals surface area contributed by atoms with Gasteiger partial charge in [-0.05, 0) is 51.0 Å². The molecule has 0 heterocycles. The molecule has 4 rings (SSSR count). The Morgan fingerprint density at radius 2 is 1.21 bits per heavy atom. The number of rotatable bonds is 8. The van der Waals surface area contributed by atoms with E-state index >= 15 is 0 Å². The minimum absolute atomic E-state index is 0. The third-order valence-corrected chi connectivity index (χ3v) is 11.4. The molecule has 0 aliphatic heterocycles. The van der Waals surface area contributed by atoms with Crippen LogP contribution in [0.3, 0.4) is 0 Å². The molecule has 0 aliphatic rings. The Balaban J connectivity index is 0.000000603. The zero-order valence-corrected chi connectivity index (χ0v) is 23.9. The average Bonchev–Trinajstić information content (AvgIpc) is 3.56. The van der Waals surface area contributed by atoms with Gasteiger partial charge in [0.05, 0.1) is 0 Å². The normalized spacial score (nSPS) is 11.8. The summed E-state index contributed by atoms with van der Waals surface area (Å²) in [6, 6.07) is 37.6. The molecule has 4 heteroatoms. The molecule has 0 spiro atoms. The van der Waals surface area contributed by atoms with E-state index in [1.165, 1.54) is 28.5 Å². The number of benzene rings is 2. The van der Waals surface area contributed by atoms with Crippen LogP contribution in [0.4, 0.5) is 0 Å². The van der Waals surface area contributed by atoms with Gasteiger partial charge in [0.25, 0.3) is 0 Å². The molecule has 34 heavy (non-hydrogen) atoms. The van der Waals surface area contributed by atoms with E-state index in [-0.39, 0.29) is 25.0 Å². The molecule has 1 nitrogen and oxygen atoms in total. The van der Waals surface area contributed by atoms with E-state index in [1.54, 1.807) is 10.6 Å². The van der Waals surface area contributed by atoms with E-state index in [9.17, 15) is 0 Å². The second-order valence-corrected chi connectivity index (χ2v) is 13.3. The van der Waals surface area contributed by atoms with Gasteiger partial charge in [-0.2, -0.15) is 11.6 Å². The first kappa shape index (κ1) is 28.7. The summed E-state index contributed by atoms with van der Waals surface area (Å²) in [6.45, 7) is 7.05. The van der Waals surface area contributed by atoms with Crippen LogP contribution in [0.1, 0.15) is 32.4 Å². The quantitative estimate of drug-likeness (QED) is 0.146. The minimum atomic E-state index is -0.562. The molecular weight excluding hydrogens is 492 g/mol. The molecule has 1 unspecified atom stereocenters. The van der Waals surface area contributed by atoms with Crippen molar-refractivity contribution in [2.45, 2.75) is 26.8 Å². The summed E-state index contributed by atoms with van der Waals surface area (Å²) in [5, 5.41) is 6.14. The van der Waals surface area contributed by atoms with Crippen molar-refractivity contribution >= 4 is 37.1 Å². The Morgan fingerprint density at radius 1 is 0.765 bits per heavy atom. The van der Waals surface area contributed by atoms with E-state index in [0.29, 0.717) is 6.04 Å². The van der Waals surface area contributed by atoms with Gasteiger partial charge in [-0.3, -0.25) is 0 Å². The van der Waals surface area contributed by atoms with Crippen molar-refractivity contribution in [2.75, 3.05) is 26.4 Å². The molecule has 0 radical (unpaired) electrons. The van der Waals surface area contributed by atoms with Gasteiger partial charge in [-0.15, -0.1) is 18.5 Å². The molecule has 4 aromatic carbocycles. The molecule has 0 saturated heterocycles. The smallest absolute Gasteiger partial charge is 0 e. The van der Waals surface area contributed by atoms with Gasteiger partial charge < -0.3 is 35.2 Å². The molecule has 0 aromatic heterocycles. The Kier molecular flexibility index (Phi) is 12.5. The van der Waals surface area contributed by atoms with E-state index in [4.69, 9.17) is 0 Å². The Bertz CT molecular complexity index is 962. The van der Waals surface area contributed by atoms with E-state index in [0.717, 1.165) is 0 Å². The summed E-state index contributed by atoms with van der Waals surface area (Å²) in [5.74, 6) is 0. The zero-order chi connectivity index (χ0) is 23.6. The van der Waals surface area contributed by atoms with Crippen LogP contribution >= 0.6 is 15.8 Å². The minimum Gasteiger partial charge on any atom is -0.748 e. The van der Waals surface area contributed by atoms with Gasteiger partial charge in [0, 0.05) is 17.1 Å². The summed E-state index contributed by atoms with van der Waals surface area (Å²) in [7, 11) is 3.71. The van der Waals surface area contributed by atoms with E-state index < -0.39 is 7.92 Å². The predicted molar refractivity (Wildman–Crippen MR) is 153 cm³/mol. The first-order valence-corrected chi connectivity index (χ1v) is 14.9. The molecular formula is C30H37FeNP2-6. The van der Waals surface area contributed by atoms with Crippen LogP contribution in [0.5, 0.6) is 0 Å². The van der Waals surface area contributed by atoms with Crippen molar-refractivity contribution in [3.63, 3.8) is 0 Å². The van der Waals surface area contributed by atoms with Gasteiger partial charge in [-0.25, -0.2) is 6.07 Å². The van der Waals surface area contributed by atoms with Crippen LogP contribution in [0.2, 0.25) is 0 Å². The van der Waals surface area contributed by atoms with E-state index in [1.807, 2.05) is 30.3 Å². The number of hydrogen-bond donors (Lipinski definition) is 0. The van der Waals surface area contributed by atoms with Crippen molar-refractivity contribution < 1.29 is 17.1 Å². The van der Waals surface area contributed by atoms with Crippen molar-refractivity contribution in [1.29, 1.82) is 0 Å². The fraction of sp³-hybridized carbons (Fsp3) is 0.267. The Morgan fingerprint density at radius 3 is 1.59 bits per heavy atom. The zero-order valence-electron chi connectivity index (χ0n) is 21.0. The largest absolute Gasteiger partial charge is 0.748 e. The standard InChI is InChI=1S/C25H32NP2.C5H5.Fe/c1-6-27(7-2)24-19-18-23(20(3)26(4)5)25(24)28(21-14-10-8-11-15-21)22-16-12-9-13-17-22;1-2-4-5-3-1;/h8-20H,6-7H2,1-5H3;1-5H;/q-1;-5;. The molecule has 4 aromatic rings. The summed E-state index contributed by atoms with van der Waals surface area (Å²) >= 11 is 0. The molecule has 0 amide bonds. The molecule has 186 valence electrons. The maximum Gasteiger partial charge on any atom is 0 e. The molecule has 0 N–H and O–H groups in total. The van der Waals surface area contributed by atoms with Crippen molar-refractivity contribution in [3.8, 4) is 0 Å². The van der Waals surface area contributed by atoms with Gasteiger partial charge in [0.1, 0.15) is 0 Å². The van der Waals surface area contributed by atoms with Crippen LogP contribution in [0, 0.1) is 0 Å². The molecule has 0 aliphatic carbocycles. The third kappa shape index (κ3) is 7.24. The summed E-state index contributed by atoms with van der Waals surface area (Å²) in [5.41, 5.74) is 1.51. The maximum absolute atomic E-state index is 2.45. The monoisotopic (exact) mass is 529 g/mol. The van der Waals surface area contributed by atoms with Crippen LogP contribution in [-0.2, 0) is 17.1 Å². The summed E-state index contributed by atoms with van der Waals surface area (Å²) in [4.78, 5) is 2.34. The SMILES string of the molecule is CCP(CC)[c-]1ccc(C(C)N(C)C)c1P(c1ccccc1)c1ccccc1.[Fe].[cH-]1[cH-][cH-][cH-][cH-]1. The van der Waals surface area contributed by atoms with Crippen molar-refractivity contribution in [1.82, 2.24) is 4.90 Å². The van der Waals surface area contributed by atoms with Crippen molar-refractivity contribution in [3.05, 3.63) is 109 Å². The third-order valence-electron chi connectivity index (χ3n) is 6.07. The van der Waals surface area contributed by atoms with Gasteiger partial charge >= 0.3 is 0 Å². The molecule has 0 bridgehead atoms. The number of nitrogens with zero attached hydrogens (tertiary/aromatic N) is 1. The van der Waals surface area contributed by atoms with Gasteiger partial charge in [-0.1, -0.05) is 81.4 Å². The van der Waals surface area contributed by atoms with Crippen LogP contribution < -0.4 is 21.2 Å². The predicted octanol–water partition coefficient (Wildman–Crippen LogP) is 6.34. The van der Waals surface area contributed by atoms with Crippen LogP contribution in [0.25, 0.3) is 0 Å². The van der Waals surface area contributed by atoms with Crippen LogP contribution in [0.15, 0.2) is 103 Å². The fourth-order valence-corrected chi connectivity index (χ4v) is 9.18. The topological polar surface area (TPSA) is 3.24 Å². The summed E-state index contributed by atoms with van der Waals surface area (Å²) in [6.07, 6.45) is 2.51. The molecule has 1 atom stereocenters. The van der Waals surface area contributed by atoms with E-state index in [2.05, 4.69) is 113 Å². The molecule has 0 saturated carbocycles.